The molecule has 0 saturated carbocycles. The molecule has 7 amide bonds. The van der Waals surface area contributed by atoms with Crippen molar-refractivity contribution in [3.63, 3.8) is 0 Å². The van der Waals surface area contributed by atoms with E-state index in [1.54, 1.807) is 70.8 Å². The summed E-state index contributed by atoms with van der Waals surface area (Å²) in [5.41, 5.74) is 0.753. The van der Waals surface area contributed by atoms with Crippen LogP contribution < -0.4 is 10.6 Å². The molecular formula is C48H74N6O13. The Morgan fingerprint density at radius 1 is 0.836 bits per heavy atom. The van der Waals surface area contributed by atoms with E-state index >= 15 is 0 Å². The van der Waals surface area contributed by atoms with Crippen molar-refractivity contribution in [1.29, 1.82) is 0 Å². The van der Waals surface area contributed by atoms with Gasteiger partial charge in [0.15, 0.2) is 0 Å². The van der Waals surface area contributed by atoms with Gasteiger partial charge in [0.2, 0.25) is 29.5 Å². The molecule has 3 rings (SSSR count). The van der Waals surface area contributed by atoms with E-state index < -0.39 is 102 Å². The molecular weight excluding hydrogens is 869 g/mol. The van der Waals surface area contributed by atoms with Crippen LogP contribution in [0.1, 0.15) is 112 Å². The number of ether oxygens (including phenoxy) is 2. The zero-order valence-corrected chi connectivity index (χ0v) is 41.2. The number of rotatable bonds is 26. The van der Waals surface area contributed by atoms with Crippen LogP contribution in [0, 0.1) is 23.7 Å². The monoisotopic (exact) mass is 943 g/mol. The number of imide groups is 1. The van der Waals surface area contributed by atoms with E-state index in [0.29, 0.717) is 30.9 Å². The molecule has 0 aromatic heterocycles. The molecule has 0 aliphatic carbocycles. The maximum Gasteiger partial charge on any atom is 0.333 e. The third-order valence-corrected chi connectivity index (χ3v) is 13.1. The number of nitrogens with zero attached hydrogens (tertiary/aromatic N) is 4. The summed E-state index contributed by atoms with van der Waals surface area (Å²) in [6.45, 7) is 13.1. The first-order valence-corrected chi connectivity index (χ1v) is 23.4. The molecule has 2 aliphatic rings. The number of carboxylic acids is 1. The van der Waals surface area contributed by atoms with Crippen molar-refractivity contribution in [3.05, 3.63) is 35.9 Å². The van der Waals surface area contributed by atoms with Crippen LogP contribution in [0.4, 0.5) is 0 Å². The van der Waals surface area contributed by atoms with Gasteiger partial charge in [-0.3, -0.25) is 33.6 Å². The average molecular weight is 943 g/mol. The predicted molar refractivity (Wildman–Crippen MR) is 245 cm³/mol. The van der Waals surface area contributed by atoms with Crippen LogP contribution in [0.3, 0.4) is 0 Å². The van der Waals surface area contributed by atoms with Gasteiger partial charge in [0, 0.05) is 67.0 Å². The Labute approximate surface area is 394 Å². The lowest BCUT2D eigenvalue weighted by Gasteiger charge is -2.41. The highest BCUT2D eigenvalue weighted by Gasteiger charge is 2.44. The number of aliphatic carboxylic acids is 1. The third kappa shape index (κ3) is 15.0. The molecule has 67 heavy (non-hydrogen) atoms. The van der Waals surface area contributed by atoms with Crippen LogP contribution in [0.2, 0.25) is 0 Å². The Kier molecular flexibility index (Phi) is 21.9. The van der Waals surface area contributed by atoms with Crippen LogP contribution in [-0.4, -0.2) is 155 Å². The van der Waals surface area contributed by atoms with Gasteiger partial charge in [-0.05, 0) is 42.6 Å². The molecule has 0 spiro atoms. The molecule has 1 aromatic carbocycles. The highest BCUT2D eigenvalue weighted by molar-refractivity contribution is 6.01. The molecule has 0 bridgehead atoms. The molecule has 3 N–H and O–H groups in total. The zero-order valence-electron chi connectivity index (χ0n) is 41.2. The topological polar surface area (TPSA) is 239 Å². The van der Waals surface area contributed by atoms with Gasteiger partial charge in [-0.15, -0.1) is 5.06 Å². The number of likely N-dealkylation sites (tertiary alicyclic amines) is 1. The van der Waals surface area contributed by atoms with E-state index in [1.165, 1.54) is 31.1 Å². The van der Waals surface area contributed by atoms with Crippen LogP contribution in [-0.2, 0) is 63.9 Å². The Morgan fingerprint density at radius 3 is 2.00 bits per heavy atom. The second-order valence-corrected chi connectivity index (χ2v) is 18.5. The lowest BCUT2D eigenvalue weighted by Crippen LogP contribution is -2.60. The smallest absolute Gasteiger partial charge is 0.333 e. The van der Waals surface area contributed by atoms with Gasteiger partial charge in [0.1, 0.15) is 18.1 Å². The van der Waals surface area contributed by atoms with Crippen LogP contribution in [0.5, 0.6) is 0 Å². The van der Waals surface area contributed by atoms with Crippen molar-refractivity contribution in [2.75, 3.05) is 34.9 Å². The summed E-state index contributed by atoms with van der Waals surface area (Å²) in [7, 11) is 6.03. The van der Waals surface area contributed by atoms with E-state index in [9.17, 15) is 48.3 Å². The summed E-state index contributed by atoms with van der Waals surface area (Å²) in [5.74, 6) is -7.18. The van der Waals surface area contributed by atoms with Gasteiger partial charge < -0.3 is 44.8 Å². The van der Waals surface area contributed by atoms with Crippen molar-refractivity contribution in [3.8, 4) is 0 Å². The number of likely N-dealkylation sites (N-methyl/N-ethyl adjacent to an activating group) is 2. The summed E-state index contributed by atoms with van der Waals surface area (Å²) < 4.78 is 11.9. The highest BCUT2D eigenvalue weighted by atomic mass is 16.7. The number of hydrogen-bond donors (Lipinski definition) is 3. The van der Waals surface area contributed by atoms with Gasteiger partial charge in [0.25, 0.3) is 11.8 Å². The molecule has 0 radical (unpaired) electrons. The number of benzene rings is 1. The minimum atomic E-state index is -1.17. The fourth-order valence-corrected chi connectivity index (χ4v) is 9.08. The molecule has 2 aliphatic heterocycles. The largest absolute Gasteiger partial charge is 0.480 e. The number of carbonyl (C=O) groups excluding carboxylic acids is 8. The normalized spacial score (nSPS) is 18.7. The number of hydroxylamine groups is 2. The molecule has 9 atom stereocenters. The molecule has 374 valence electrons. The second-order valence-electron chi connectivity index (χ2n) is 18.5. The SMILES string of the molecule is CCC(C)[C@@H](C(CC(=O)N1CCC[C@H]1[C@H](OC)[C@@H](C)C(=O)N[C@@H](Cc1ccccc1)C(=O)O)OC)N(C)C(=O)[C@@H](NC(=O)[C@H](C(C)C)N(C)C(=O)CCCC(=O)ON1C(=O)CCC1=O)C(C)C. The fraction of sp³-hybridized carbons (Fsp3) is 0.688. The van der Waals surface area contributed by atoms with Gasteiger partial charge in [-0.25, -0.2) is 9.59 Å². The summed E-state index contributed by atoms with van der Waals surface area (Å²) in [4.78, 5) is 127. The number of nitrogens with one attached hydrogen (secondary N) is 2. The van der Waals surface area contributed by atoms with Crippen molar-refractivity contribution in [2.45, 2.75) is 155 Å². The molecule has 19 heteroatoms. The quantitative estimate of drug-likeness (QED) is 0.113. The first-order valence-electron chi connectivity index (χ1n) is 23.4. The van der Waals surface area contributed by atoms with Crippen molar-refractivity contribution in [1.82, 2.24) is 30.4 Å². The number of carbonyl (C=O) groups is 9. The predicted octanol–water partition coefficient (Wildman–Crippen LogP) is 3.12. The highest BCUT2D eigenvalue weighted by Crippen LogP contribution is 2.30. The maximum atomic E-state index is 14.5. The Bertz CT molecular complexity index is 1880. The first kappa shape index (κ1) is 55.9. The lowest BCUT2D eigenvalue weighted by molar-refractivity contribution is -0.197. The summed E-state index contributed by atoms with van der Waals surface area (Å²) in [6, 6.07) is 4.68. The number of methoxy groups -OCH3 is 2. The molecule has 2 unspecified atom stereocenters. The summed E-state index contributed by atoms with van der Waals surface area (Å²) in [5, 5.41) is 15.9. The maximum absolute atomic E-state index is 14.5. The molecule has 2 heterocycles. The molecule has 19 nitrogen and oxygen atoms in total. The van der Waals surface area contributed by atoms with Gasteiger partial charge in [-0.1, -0.05) is 85.2 Å². The van der Waals surface area contributed by atoms with E-state index in [1.807, 2.05) is 19.9 Å². The van der Waals surface area contributed by atoms with Crippen molar-refractivity contribution in [2.24, 2.45) is 23.7 Å². The molecule has 2 saturated heterocycles. The average Bonchev–Trinajstić information content (AvgIpc) is 3.90. The number of hydrogen-bond acceptors (Lipinski definition) is 12. The van der Waals surface area contributed by atoms with E-state index in [4.69, 9.17) is 14.3 Å². The Morgan fingerprint density at radius 2 is 1.46 bits per heavy atom. The van der Waals surface area contributed by atoms with Crippen LogP contribution in [0.15, 0.2) is 30.3 Å². The number of carboxylic acid groups (broad SMARTS) is 1. The standard InChI is InChI=1S/C48H74N6O13/c1-12-30(6)43(35(65-10)27-39(58)53-25-17-20-34(53)44(66-11)31(7)45(60)49-33(48(63)64)26-32-18-14-13-15-19-32)52(9)47(62)41(28(2)3)50-46(61)42(29(4)5)51(8)36(55)21-16-22-40(59)67-54-37(56)23-24-38(54)57/h13-15,18-19,28-31,33-35,41-44H,12,16-17,20-27H2,1-11H3,(H,49,60)(H,50,61)(H,63,64)/t30?,31-,33+,34+,35?,41+,42+,43+,44-/m1/s1. The molecule has 2 fully saturated rings. The third-order valence-electron chi connectivity index (χ3n) is 13.1. The Hall–Kier alpha value is -5.43. The van der Waals surface area contributed by atoms with E-state index in [0.717, 1.165) is 5.56 Å². The van der Waals surface area contributed by atoms with E-state index in [-0.39, 0.29) is 62.7 Å². The van der Waals surface area contributed by atoms with Crippen molar-refractivity contribution >= 4 is 53.3 Å². The molecule has 1 aromatic rings. The summed E-state index contributed by atoms with van der Waals surface area (Å²) >= 11 is 0. The van der Waals surface area contributed by atoms with Gasteiger partial charge >= 0.3 is 11.9 Å². The fourth-order valence-electron chi connectivity index (χ4n) is 9.08. The summed E-state index contributed by atoms with van der Waals surface area (Å²) in [6.07, 6.45) is -0.155. The minimum Gasteiger partial charge on any atom is -0.480 e. The second kappa shape index (κ2) is 26.2. The van der Waals surface area contributed by atoms with Crippen LogP contribution in [0.25, 0.3) is 0 Å². The minimum absolute atomic E-state index is 0.0366. The van der Waals surface area contributed by atoms with E-state index in [2.05, 4.69) is 10.6 Å². The number of amides is 7. The lowest BCUT2D eigenvalue weighted by atomic mass is 9.89. The zero-order chi connectivity index (χ0) is 50.3. The Balaban J connectivity index is 1.72. The first-order chi connectivity index (χ1) is 31.6. The van der Waals surface area contributed by atoms with Crippen molar-refractivity contribution < 1.29 is 62.6 Å². The van der Waals surface area contributed by atoms with Crippen LogP contribution >= 0.6 is 0 Å². The van der Waals surface area contributed by atoms with Gasteiger partial charge in [0.05, 0.1) is 36.6 Å². The van der Waals surface area contributed by atoms with Gasteiger partial charge in [-0.2, -0.15) is 0 Å².